The van der Waals surface area contributed by atoms with Crippen LogP contribution in [0, 0.1) is 6.92 Å². The summed E-state index contributed by atoms with van der Waals surface area (Å²) < 4.78 is 0. The number of carboxylic acids is 1. The highest BCUT2D eigenvalue weighted by molar-refractivity contribution is 6.07. The van der Waals surface area contributed by atoms with Crippen molar-refractivity contribution in [3.63, 3.8) is 0 Å². The van der Waals surface area contributed by atoms with Gasteiger partial charge in [-0.3, -0.25) is 14.8 Å². The Morgan fingerprint density at radius 3 is 2.26 bits per heavy atom. The molecule has 2 N–H and O–H groups in total. The van der Waals surface area contributed by atoms with E-state index in [1.54, 1.807) is 20.8 Å². The summed E-state index contributed by atoms with van der Waals surface area (Å²) in [5.74, 6) is -0.852. The molecule has 0 amide bonds. The third kappa shape index (κ3) is 5.42. The second kappa shape index (κ2) is 10.3. The number of aryl methyl sites for hydroxylation is 3. The first-order chi connectivity index (χ1) is 16.1. The van der Waals surface area contributed by atoms with Crippen LogP contribution in [0.4, 0.5) is 0 Å². The largest absolute Gasteiger partial charge is 0.481 e. The van der Waals surface area contributed by atoms with E-state index in [-0.39, 0.29) is 6.42 Å². The zero-order chi connectivity index (χ0) is 25.0. The predicted molar refractivity (Wildman–Crippen MR) is 139 cm³/mol. The second-order valence-corrected chi connectivity index (χ2v) is 9.28. The Hall–Kier alpha value is -3.31. The molecule has 1 aliphatic rings. The average Bonchev–Trinajstić information content (AvgIpc) is 3.20. The Morgan fingerprint density at radius 2 is 1.62 bits per heavy atom. The molecular weight excluding hydrogens is 424 g/mol. The summed E-state index contributed by atoms with van der Waals surface area (Å²) in [7, 11) is 0. The molecule has 5 heteroatoms. The summed E-state index contributed by atoms with van der Waals surface area (Å²) in [5, 5.41) is 20.2. The van der Waals surface area contributed by atoms with Crippen LogP contribution in [0.1, 0.15) is 57.0 Å². The summed E-state index contributed by atoms with van der Waals surface area (Å²) >= 11 is 0. The van der Waals surface area contributed by atoms with E-state index in [9.17, 15) is 9.90 Å². The molecule has 0 unspecified atom stereocenters. The normalized spacial score (nSPS) is 12.1. The van der Waals surface area contributed by atoms with Gasteiger partial charge in [-0.1, -0.05) is 44.2 Å². The van der Waals surface area contributed by atoms with Crippen LogP contribution in [0.3, 0.4) is 0 Å². The molecule has 0 saturated heterocycles. The zero-order valence-electron chi connectivity index (χ0n) is 20.9. The number of pyridine rings is 2. The van der Waals surface area contributed by atoms with Gasteiger partial charge in [0.05, 0.1) is 23.1 Å². The highest BCUT2D eigenvalue weighted by Crippen LogP contribution is 2.40. The summed E-state index contributed by atoms with van der Waals surface area (Å²) in [4.78, 5) is 20.9. The quantitative estimate of drug-likeness (QED) is 0.377. The molecule has 0 spiro atoms. The number of hydrogen-bond donors (Lipinski definition) is 2. The van der Waals surface area contributed by atoms with Crippen LogP contribution < -0.4 is 0 Å². The molecule has 2 aromatic carbocycles. The fraction of sp³-hybridized carbons (Fsp3) is 0.345. The van der Waals surface area contributed by atoms with Crippen LogP contribution in [-0.2, 0) is 24.1 Å². The number of carboxylic acid groups (broad SMARTS) is 1. The molecule has 0 atom stereocenters. The molecule has 2 aromatic heterocycles. The Balaban J connectivity index is 0.000000414. The fourth-order valence-corrected chi connectivity index (χ4v) is 4.35. The number of nitrogens with zero attached hydrogens (tertiary/aromatic N) is 2. The maximum Gasteiger partial charge on any atom is 0.307 e. The van der Waals surface area contributed by atoms with Crippen LogP contribution in [0.2, 0.25) is 0 Å². The lowest BCUT2D eigenvalue weighted by Gasteiger charge is -2.16. The van der Waals surface area contributed by atoms with E-state index < -0.39 is 11.6 Å². The SMILES string of the molecule is CC.CC(C)(C)O.Cc1nc2ccccc2c(-c2ccc3c4c(ccnc24)CC3)c1CC(=O)O. The number of aromatic nitrogens is 2. The Bertz CT molecular complexity index is 1320. The minimum absolute atomic E-state index is 0.0536. The van der Waals surface area contributed by atoms with Crippen molar-refractivity contribution in [2.75, 3.05) is 0 Å². The van der Waals surface area contributed by atoms with Gasteiger partial charge in [-0.2, -0.15) is 0 Å². The molecule has 4 aromatic rings. The van der Waals surface area contributed by atoms with Gasteiger partial charge < -0.3 is 10.2 Å². The van der Waals surface area contributed by atoms with Crippen molar-refractivity contribution >= 4 is 27.8 Å². The second-order valence-electron chi connectivity index (χ2n) is 9.28. The summed E-state index contributed by atoms with van der Waals surface area (Å²) in [6.07, 6.45) is 3.89. The Morgan fingerprint density at radius 1 is 1.00 bits per heavy atom. The number of fused-ring (bicyclic) bond motifs is 1. The number of rotatable bonds is 3. The van der Waals surface area contributed by atoms with E-state index in [1.807, 2.05) is 51.2 Å². The lowest BCUT2D eigenvalue weighted by Crippen LogP contribution is -2.10. The van der Waals surface area contributed by atoms with E-state index in [0.717, 1.165) is 51.6 Å². The average molecular weight is 459 g/mol. The topological polar surface area (TPSA) is 83.3 Å². The smallest absolute Gasteiger partial charge is 0.307 e. The predicted octanol–water partition coefficient (Wildman–Crippen LogP) is 6.29. The highest BCUT2D eigenvalue weighted by atomic mass is 16.4. The minimum atomic E-state index is -0.852. The summed E-state index contributed by atoms with van der Waals surface area (Å²) in [6.45, 7) is 11.1. The number of para-hydroxylation sites is 1. The lowest BCUT2D eigenvalue weighted by atomic mass is 9.90. The maximum absolute atomic E-state index is 11.6. The number of aliphatic hydroxyl groups is 1. The van der Waals surface area contributed by atoms with Crippen LogP contribution in [0.15, 0.2) is 48.7 Å². The minimum Gasteiger partial charge on any atom is -0.481 e. The monoisotopic (exact) mass is 458 g/mol. The van der Waals surface area contributed by atoms with Gasteiger partial charge >= 0.3 is 5.97 Å². The van der Waals surface area contributed by atoms with Crippen LogP contribution >= 0.6 is 0 Å². The third-order valence-electron chi connectivity index (χ3n) is 5.53. The number of hydrogen-bond acceptors (Lipinski definition) is 4. The first kappa shape index (κ1) is 25.3. The molecule has 5 nitrogen and oxygen atoms in total. The highest BCUT2D eigenvalue weighted by Gasteiger charge is 2.22. The van der Waals surface area contributed by atoms with Gasteiger partial charge in [0.2, 0.25) is 0 Å². The van der Waals surface area contributed by atoms with Crippen molar-refractivity contribution in [2.24, 2.45) is 0 Å². The zero-order valence-corrected chi connectivity index (χ0v) is 20.9. The first-order valence-electron chi connectivity index (χ1n) is 11.9. The molecule has 34 heavy (non-hydrogen) atoms. The molecule has 0 fully saturated rings. The molecule has 5 rings (SSSR count). The van der Waals surface area contributed by atoms with E-state index in [4.69, 9.17) is 10.1 Å². The van der Waals surface area contributed by atoms with Crippen molar-refractivity contribution in [3.05, 3.63) is 71.0 Å². The molecule has 0 aliphatic heterocycles. The Kier molecular flexibility index (Phi) is 7.68. The molecule has 0 saturated carbocycles. The van der Waals surface area contributed by atoms with Gasteiger partial charge in [-0.05, 0) is 74.9 Å². The van der Waals surface area contributed by atoms with Gasteiger partial charge in [0.1, 0.15) is 0 Å². The van der Waals surface area contributed by atoms with Gasteiger partial charge in [-0.15, -0.1) is 0 Å². The van der Waals surface area contributed by atoms with Crippen molar-refractivity contribution in [2.45, 2.75) is 66.4 Å². The first-order valence-corrected chi connectivity index (χ1v) is 11.9. The fourth-order valence-electron chi connectivity index (χ4n) is 4.35. The van der Waals surface area contributed by atoms with Crippen molar-refractivity contribution in [1.29, 1.82) is 0 Å². The number of benzene rings is 2. The molecule has 178 valence electrons. The summed E-state index contributed by atoms with van der Waals surface area (Å²) in [5.41, 5.74) is 7.46. The van der Waals surface area contributed by atoms with Crippen molar-refractivity contribution in [1.82, 2.24) is 9.97 Å². The molecule has 1 aliphatic carbocycles. The van der Waals surface area contributed by atoms with E-state index in [0.29, 0.717) is 0 Å². The van der Waals surface area contributed by atoms with Crippen LogP contribution in [0.5, 0.6) is 0 Å². The lowest BCUT2D eigenvalue weighted by molar-refractivity contribution is -0.136. The number of aliphatic carboxylic acids is 1. The molecule has 0 radical (unpaired) electrons. The number of carbonyl (C=O) groups is 1. The molecular formula is C29H34N2O3. The maximum atomic E-state index is 11.6. The van der Waals surface area contributed by atoms with E-state index >= 15 is 0 Å². The van der Waals surface area contributed by atoms with Gasteiger partial charge in [0.15, 0.2) is 0 Å². The molecule has 0 bridgehead atoms. The van der Waals surface area contributed by atoms with Gasteiger partial charge in [0.25, 0.3) is 0 Å². The van der Waals surface area contributed by atoms with Crippen LogP contribution in [-0.4, -0.2) is 31.8 Å². The van der Waals surface area contributed by atoms with Crippen LogP contribution in [0.25, 0.3) is 32.9 Å². The molecule has 2 heterocycles. The van der Waals surface area contributed by atoms with Crippen molar-refractivity contribution in [3.8, 4) is 11.1 Å². The standard InChI is InChI=1S/C23H18N2O2.C4H10O.C2H6/c1-13-18(12-20(26)27)22(16-4-2-3-5-19(16)25-13)17-9-8-14-6-7-15-10-11-24-23(17)21(14)15;1-4(2,3)5;1-2/h2-5,8-11H,6-7,12H2,1H3,(H,26,27);5H,1-3H3;1-2H3. The van der Waals surface area contributed by atoms with Crippen molar-refractivity contribution < 1.29 is 15.0 Å². The van der Waals surface area contributed by atoms with E-state index in [2.05, 4.69) is 23.2 Å². The van der Waals surface area contributed by atoms with Gasteiger partial charge in [-0.25, -0.2) is 0 Å². The van der Waals surface area contributed by atoms with E-state index in [1.165, 1.54) is 16.5 Å². The van der Waals surface area contributed by atoms with Gasteiger partial charge in [0, 0.05) is 28.2 Å². The summed E-state index contributed by atoms with van der Waals surface area (Å²) in [6, 6.07) is 14.3. The Labute approximate surface area is 201 Å². The third-order valence-corrected chi connectivity index (χ3v) is 5.53.